The minimum atomic E-state index is -0.263. The number of thioether (sulfide) groups is 1. The third-order valence-corrected chi connectivity index (χ3v) is 3.58. The van der Waals surface area contributed by atoms with Crippen LogP contribution in [0, 0.1) is 0 Å². The molecule has 0 aromatic heterocycles. The van der Waals surface area contributed by atoms with Crippen LogP contribution in [0.3, 0.4) is 0 Å². The van der Waals surface area contributed by atoms with Gasteiger partial charge in [-0.15, -0.1) is 24.4 Å². The quantitative estimate of drug-likeness (QED) is 0.597. The zero-order valence-electron chi connectivity index (χ0n) is 6.45. The predicted octanol–water partition coefficient (Wildman–Crippen LogP) is 1.53. The fourth-order valence-corrected chi connectivity index (χ4v) is 2.37. The van der Waals surface area contributed by atoms with Crippen LogP contribution in [0.1, 0.15) is 5.56 Å². The number of thiol groups is 1. The number of hydrogen-bond acceptors (Lipinski definition) is 4. The first-order valence-electron chi connectivity index (χ1n) is 3.73. The first-order chi connectivity index (χ1) is 5.81. The monoisotopic (exact) mass is 198 g/mol. The van der Waals surface area contributed by atoms with Crippen LogP contribution in [0.2, 0.25) is 0 Å². The van der Waals surface area contributed by atoms with Crippen LogP contribution in [-0.2, 0) is 4.20 Å². The second-order valence-corrected chi connectivity index (χ2v) is 4.76. The molecule has 1 aliphatic heterocycles. The highest BCUT2D eigenvalue weighted by Gasteiger charge is 2.31. The van der Waals surface area contributed by atoms with Crippen molar-refractivity contribution in [1.82, 2.24) is 10.9 Å². The molecule has 0 aliphatic carbocycles. The second-order valence-electron chi connectivity index (χ2n) is 2.60. The summed E-state index contributed by atoms with van der Waals surface area (Å²) in [6.07, 6.45) is 0. The molecule has 0 spiro atoms. The summed E-state index contributed by atoms with van der Waals surface area (Å²) in [5.41, 5.74) is 7.36. The van der Waals surface area contributed by atoms with E-state index in [0.717, 1.165) is 5.88 Å². The fourth-order valence-electron chi connectivity index (χ4n) is 1.15. The van der Waals surface area contributed by atoms with Gasteiger partial charge in [-0.05, 0) is 5.56 Å². The van der Waals surface area contributed by atoms with Gasteiger partial charge in [0.15, 0.2) is 0 Å². The Morgan fingerprint density at radius 2 is 2.08 bits per heavy atom. The first kappa shape index (κ1) is 8.44. The lowest BCUT2D eigenvalue weighted by atomic mass is 10.2. The minimum absolute atomic E-state index is 0.263. The summed E-state index contributed by atoms with van der Waals surface area (Å²) in [4.78, 5) is 0. The molecule has 0 saturated carbocycles. The maximum absolute atomic E-state index is 4.56. The molecule has 2 N–H and O–H groups in total. The number of benzene rings is 1. The maximum Gasteiger partial charge on any atom is 0.148 e. The van der Waals surface area contributed by atoms with Crippen LogP contribution in [0.4, 0.5) is 0 Å². The van der Waals surface area contributed by atoms with E-state index in [1.807, 2.05) is 18.2 Å². The van der Waals surface area contributed by atoms with E-state index in [2.05, 4.69) is 35.6 Å². The third kappa shape index (κ3) is 1.47. The Morgan fingerprint density at radius 3 is 2.67 bits per heavy atom. The highest BCUT2D eigenvalue weighted by atomic mass is 32.2. The number of hydrogen-bond donors (Lipinski definition) is 3. The van der Waals surface area contributed by atoms with Crippen molar-refractivity contribution >= 4 is 24.4 Å². The summed E-state index contributed by atoms with van der Waals surface area (Å²) in [6, 6.07) is 10.2. The van der Waals surface area contributed by atoms with E-state index in [1.54, 1.807) is 11.8 Å². The normalized spacial score (nSPS) is 29.1. The second kappa shape index (κ2) is 3.30. The van der Waals surface area contributed by atoms with E-state index >= 15 is 0 Å². The summed E-state index contributed by atoms with van der Waals surface area (Å²) in [6.45, 7) is 0. The van der Waals surface area contributed by atoms with Gasteiger partial charge < -0.3 is 0 Å². The van der Waals surface area contributed by atoms with Crippen LogP contribution >= 0.6 is 24.4 Å². The predicted molar refractivity (Wildman–Crippen MR) is 55.8 cm³/mol. The molecule has 1 aromatic carbocycles. The van der Waals surface area contributed by atoms with Crippen LogP contribution in [0.25, 0.3) is 0 Å². The van der Waals surface area contributed by atoms with Crippen LogP contribution < -0.4 is 10.9 Å². The van der Waals surface area contributed by atoms with Crippen molar-refractivity contribution in [3.63, 3.8) is 0 Å². The highest BCUT2D eigenvalue weighted by Crippen LogP contribution is 2.38. The number of hydrazine groups is 1. The van der Waals surface area contributed by atoms with Crippen molar-refractivity contribution in [3.8, 4) is 0 Å². The Bertz CT molecular complexity index is 257. The minimum Gasteiger partial charge on any atom is -0.245 e. The molecule has 1 atom stereocenters. The van der Waals surface area contributed by atoms with E-state index in [-0.39, 0.29) is 4.20 Å². The smallest absolute Gasteiger partial charge is 0.148 e. The lowest BCUT2D eigenvalue weighted by Crippen LogP contribution is -2.35. The zero-order chi connectivity index (χ0) is 8.44. The molecule has 0 radical (unpaired) electrons. The van der Waals surface area contributed by atoms with E-state index < -0.39 is 0 Å². The molecule has 4 heteroatoms. The summed E-state index contributed by atoms with van der Waals surface area (Å²) in [7, 11) is 0. The molecule has 2 rings (SSSR count). The van der Waals surface area contributed by atoms with Gasteiger partial charge in [-0.2, -0.15) is 0 Å². The van der Waals surface area contributed by atoms with Gasteiger partial charge in [-0.3, -0.25) is 0 Å². The molecule has 1 heterocycles. The van der Waals surface area contributed by atoms with Crippen molar-refractivity contribution in [3.05, 3.63) is 35.9 Å². The summed E-state index contributed by atoms with van der Waals surface area (Å²) >= 11 is 6.30. The Labute approximate surface area is 81.5 Å². The maximum atomic E-state index is 4.56. The summed E-state index contributed by atoms with van der Waals surface area (Å²) in [5.74, 6) is 0.887. The Balaban J connectivity index is 2.29. The standard InChI is InChI=1S/C8H10N2S2/c11-8(10-9-6-12-8)7-4-2-1-3-5-7/h1-5,9-11H,6H2. The molecular weight excluding hydrogens is 188 g/mol. The molecule has 2 nitrogen and oxygen atoms in total. The van der Waals surface area contributed by atoms with Crippen molar-refractivity contribution in [2.24, 2.45) is 0 Å². The van der Waals surface area contributed by atoms with E-state index in [0.29, 0.717) is 0 Å². The third-order valence-electron chi connectivity index (χ3n) is 1.78. The Hall–Kier alpha value is -0.160. The first-order valence-corrected chi connectivity index (χ1v) is 5.16. The lowest BCUT2D eigenvalue weighted by molar-refractivity contribution is 0.580. The molecule has 0 bridgehead atoms. The van der Waals surface area contributed by atoms with Crippen molar-refractivity contribution in [2.45, 2.75) is 4.20 Å². The molecule has 0 amide bonds. The van der Waals surface area contributed by atoms with Gasteiger partial charge in [-0.25, -0.2) is 10.9 Å². The molecule has 1 fully saturated rings. The fraction of sp³-hybridized carbons (Fsp3) is 0.250. The van der Waals surface area contributed by atoms with Crippen molar-refractivity contribution < 1.29 is 0 Å². The van der Waals surface area contributed by atoms with Crippen LogP contribution in [0.5, 0.6) is 0 Å². The highest BCUT2D eigenvalue weighted by molar-refractivity contribution is 8.10. The molecule has 1 saturated heterocycles. The van der Waals surface area contributed by atoms with Gasteiger partial charge in [0.25, 0.3) is 0 Å². The molecule has 1 aromatic rings. The molecule has 12 heavy (non-hydrogen) atoms. The van der Waals surface area contributed by atoms with Gasteiger partial charge in [0, 0.05) is 0 Å². The lowest BCUT2D eigenvalue weighted by Gasteiger charge is -2.21. The van der Waals surface area contributed by atoms with Crippen molar-refractivity contribution in [2.75, 3.05) is 5.88 Å². The van der Waals surface area contributed by atoms with Gasteiger partial charge in [0.05, 0.1) is 5.88 Å². The topological polar surface area (TPSA) is 24.1 Å². The van der Waals surface area contributed by atoms with Gasteiger partial charge in [0.1, 0.15) is 4.20 Å². The van der Waals surface area contributed by atoms with Gasteiger partial charge in [-0.1, -0.05) is 30.3 Å². The summed E-state index contributed by atoms with van der Waals surface area (Å²) < 4.78 is -0.263. The van der Waals surface area contributed by atoms with Gasteiger partial charge in [0.2, 0.25) is 0 Å². The largest absolute Gasteiger partial charge is 0.245 e. The SMILES string of the molecule is SC1(c2ccccc2)NNCS1. The van der Waals surface area contributed by atoms with Crippen molar-refractivity contribution in [1.29, 1.82) is 0 Å². The number of nitrogens with one attached hydrogen (secondary N) is 2. The molecular formula is C8H10N2S2. The Kier molecular flexibility index (Phi) is 2.32. The number of rotatable bonds is 1. The average molecular weight is 198 g/mol. The molecule has 1 unspecified atom stereocenters. The molecule has 64 valence electrons. The van der Waals surface area contributed by atoms with E-state index in [4.69, 9.17) is 0 Å². The average Bonchev–Trinajstić information content (AvgIpc) is 2.55. The van der Waals surface area contributed by atoms with Crippen LogP contribution in [0.15, 0.2) is 30.3 Å². The zero-order valence-corrected chi connectivity index (χ0v) is 8.16. The Morgan fingerprint density at radius 1 is 1.33 bits per heavy atom. The molecule has 1 aliphatic rings. The van der Waals surface area contributed by atoms with Gasteiger partial charge >= 0.3 is 0 Å². The van der Waals surface area contributed by atoms with E-state index in [1.165, 1.54) is 5.56 Å². The summed E-state index contributed by atoms with van der Waals surface area (Å²) in [5, 5.41) is 0. The van der Waals surface area contributed by atoms with E-state index in [9.17, 15) is 0 Å². The van der Waals surface area contributed by atoms with Crippen LogP contribution in [-0.4, -0.2) is 5.88 Å².